The lowest BCUT2D eigenvalue weighted by Crippen LogP contribution is -2.09. The van der Waals surface area contributed by atoms with Crippen molar-refractivity contribution in [1.82, 2.24) is 0 Å². The largest absolute Gasteiger partial charge is 0.494 e. The van der Waals surface area contributed by atoms with Crippen LogP contribution in [0.2, 0.25) is 0 Å². The third-order valence-corrected chi connectivity index (χ3v) is 3.24. The average molecular weight is 332 g/mol. The highest BCUT2D eigenvalue weighted by Gasteiger charge is 2.08. The molecule has 0 unspecified atom stereocenters. The van der Waals surface area contributed by atoms with Gasteiger partial charge in [0, 0.05) is 6.07 Å². The summed E-state index contributed by atoms with van der Waals surface area (Å²) in [6.07, 6.45) is 0.962. The van der Waals surface area contributed by atoms with Crippen molar-refractivity contribution >= 4 is 5.78 Å². The molecule has 0 aliphatic carbocycles. The molecule has 2 aromatic carbocycles. The van der Waals surface area contributed by atoms with Crippen LogP contribution in [0.3, 0.4) is 0 Å². The number of benzene rings is 2. The van der Waals surface area contributed by atoms with Gasteiger partial charge in [-0.05, 0) is 49.7 Å². The topological polar surface area (TPSA) is 44.8 Å². The molecule has 0 aromatic heterocycles. The van der Waals surface area contributed by atoms with E-state index in [0.29, 0.717) is 24.7 Å². The zero-order valence-corrected chi connectivity index (χ0v) is 13.9. The second-order valence-corrected chi connectivity index (χ2v) is 5.21. The summed E-state index contributed by atoms with van der Waals surface area (Å²) in [7, 11) is 0. The maximum Gasteiger partial charge on any atom is 0.162 e. The third-order valence-electron chi connectivity index (χ3n) is 3.24. The summed E-state index contributed by atoms with van der Waals surface area (Å²) in [5.74, 6) is 0.990. The summed E-state index contributed by atoms with van der Waals surface area (Å²) in [5, 5.41) is 0. The van der Waals surface area contributed by atoms with Gasteiger partial charge in [0.15, 0.2) is 5.78 Å². The summed E-state index contributed by atoms with van der Waals surface area (Å²) in [6.45, 7) is 4.66. The SMILES string of the molecule is CCCOc1ccc(OCCOc2ccc(C(C)=O)c(F)c2)cc1. The van der Waals surface area contributed by atoms with Crippen LogP contribution in [-0.2, 0) is 0 Å². The first-order valence-electron chi connectivity index (χ1n) is 7.89. The van der Waals surface area contributed by atoms with E-state index in [2.05, 4.69) is 6.92 Å². The van der Waals surface area contributed by atoms with Crippen molar-refractivity contribution in [2.45, 2.75) is 20.3 Å². The van der Waals surface area contributed by atoms with Crippen LogP contribution < -0.4 is 14.2 Å². The highest BCUT2D eigenvalue weighted by atomic mass is 19.1. The molecule has 0 spiro atoms. The summed E-state index contributed by atoms with van der Waals surface area (Å²) < 4.78 is 30.1. The molecule has 2 aromatic rings. The molecule has 4 nitrogen and oxygen atoms in total. The fourth-order valence-corrected chi connectivity index (χ4v) is 2.04. The fraction of sp³-hybridized carbons (Fsp3) is 0.316. The molecule has 2 rings (SSSR count). The Balaban J connectivity index is 1.76. The first kappa shape index (κ1) is 17.8. The van der Waals surface area contributed by atoms with E-state index in [1.54, 1.807) is 6.07 Å². The van der Waals surface area contributed by atoms with Crippen molar-refractivity contribution in [3.8, 4) is 17.2 Å². The van der Waals surface area contributed by atoms with Gasteiger partial charge < -0.3 is 14.2 Å². The van der Waals surface area contributed by atoms with E-state index in [9.17, 15) is 9.18 Å². The van der Waals surface area contributed by atoms with Crippen LogP contribution in [0.15, 0.2) is 42.5 Å². The standard InChI is InChI=1S/C19H21FO4/c1-3-10-22-15-4-6-16(7-5-15)23-11-12-24-17-8-9-18(14(2)21)19(20)13-17/h4-9,13H,3,10-12H2,1-2H3. The summed E-state index contributed by atoms with van der Waals surface area (Å²) in [5.41, 5.74) is 0.0592. The number of rotatable bonds is 9. The molecule has 0 bridgehead atoms. The van der Waals surface area contributed by atoms with Crippen LogP contribution in [0, 0.1) is 5.82 Å². The maximum absolute atomic E-state index is 13.7. The number of carbonyl (C=O) groups is 1. The van der Waals surface area contributed by atoms with Crippen molar-refractivity contribution in [3.63, 3.8) is 0 Å². The van der Waals surface area contributed by atoms with Crippen LogP contribution in [0.4, 0.5) is 4.39 Å². The summed E-state index contributed by atoms with van der Waals surface area (Å²) in [4.78, 5) is 11.2. The van der Waals surface area contributed by atoms with Gasteiger partial charge in [0.25, 0.3) is 0 Å². The van der Waals surface area contributed by atoms with Gasteiger partial charge in [0.05, 0.1) is 12.2 Å². The molecular weight excluding hydrogens is 311 g/mol. The smallest absolute Gasteiger partial charge is 0.162 e. The molecule has 0 aliphatic rings. The second kappa shape index (κ2) is 8.91. The number of ketones is 1. The quantitative estimate of drug-likeness (QED) is 0.508. The molecule has 0 saturated heterocycles. The molecule has 24 heavy (non-hydrogen) atoms. The van der Waals surface area contributed by atoms with E-state index in [0.717, 1.165) is 12.2 Å². The van der Waals surface area contributed by atoms with Gasteiger partial charge in [0.1, 0.15) is 36.3 Å². The molecule has 0 fully saturated rings. The molecule has 0 saturated carbocycles. The van der Waals surface area contributed by atoms with Crippen LogP contribution in [0.5, 0.6) is 17.2 Å². The highest BCUT2D eigenvalue weighted by molar-refractivity contribution is 5.94. The lowest BCUT2D eigenvalue weighted by Gasteiger charge is -2.10. The van der Waals surface area contributed by atoms with Crippen LogP contribution in [-0.4, -0.2) is 25.6 Å². The van der Waals surface area contributed by atoms with E-state index < -0.39 is 5.82 Å². The zero-order chi connectivity index (χ0) is 17.4. The predicted octanol–water partition coefficient (Wildman–Crippen LogP) is 4.27. The Hall–Kier alpha value is -2.56. The van der Waals surface area contributed by atoms with Gasteiger partial charge in [-0.2, -0.15) is 0 Å². The van der Waals surface area contributed by atoms with Crippen molar-refractivity contribution in [3.05, 3.63) is 53.8 Å². The zero-order valence-electron chi connectivity index (χ0n) is 13.9. The first-order valence-corrected chi connectivity index (χ1v) is 7.89. The minimum absolute atomic E-state index is 0.0592. The Morgan fingerprint density at radius 1 is 0.875 bits per heavy atom. The number of carbonyl (C=O) groups excluding carboxylic acids is 1. The summed E-state index contributed by atoms with van der Waals surface area (Å²) >= 11 is 0. The van der Waals surface area contributed by atoms with Crippen molar-refractivity contribution < 1.29 is 23.4 Å². The van der Waals surface area contributed by atoms with Crippen LogP contribution in [0.25, 0.3) is 0 Å². The Kier molecular flexibility index (Phi) is 6.61. The molecular formula is C19H21FO4. The van der Waals surface area contributed by atoms with Crippen molar-refractivity contribution in [2.24, 2.45) is 0 Å². The molecule has 0 heterocycles. The van der Waals surface area contributed by atoms with Crippen molar-refractivity contribution in [2.75, 3.05) is 19.8 Å². The van der Waals surface area contributed by atoms with Gasteiger partial charge in [0.2, 0.25) is 0 Å². The average Bonchev–Trinajstić information content (AvgIpc) is 2.57. The predicted molar refractivity (Wildman–Crippen MR) is 89.6 cm³/mol. The maximum atomic E-state index is 13.7. The van der Waals surface area contributed by atoms with Crippen LogP contribution in [0.1, 0.15) is 30.6 Å². The number of halogens is 1. The van der Waals surface area contributed by atoms with E-state index in [1.165, 1.54) is 19.1 Å². The lowest BCUT2D eigenvalue weighted by atomic mass is 10.1. The van der Waals surface area contributed by atoms with E-state index in [4.69, 9.17) is 14.2 Å². The van der Waals surface area contributed by atoms with Crippen LogP contribution >= 0.6 is 0 Å². The first-order chi connectivity index (χ1) is 11.6. The van der Waals surface area contributed by atoms with E-state index in [1.807, 2.05) is 24.3 Å². The normalized spacial score (nSPS) is 10.3. The Morgan fingerprint density at radius 2 is 1.38 bits per heavy atom. The van der Waals surface area contributed by atoms with Gasteiger partial charge in [-0.1, -0.05) is 6.92 Å². The summed E-state index contributed by atoms with van der Waals surface area (Å²) in [6, 6.07) is 11.5. The number of hydrogen-bond donors (Lipinski definition) is 0. The highest BCUT2D eigenvalue weighted by Crippen LogP contribution is 2.19. The van der Waals surface area contributed by atoms with Gasteiger partial charge in [-0.15, -0.1) is 0 Å². The van der Waals surface area contributed by atoms with E-state index >= 15 is 0 Å². The van der Waals surface area contributed by atoms with Gasteiger partial charge in [-0.25, -0.2) is 4.39 Å². The molecule has 0 amide bonds. The number of hydrogen-bond acceptors (Lipinski definition) is 4. The molecule has 0 N–H and O–H groups in total. The van der Waals surface area contributed by atoms with Gasteiger partial charge in [-0.3, -0.25) is 4.79 Å². The second-order valence-electron chi connectivity index (χ2n) is 5.21. The third kappa shape index (κ3) is 5.26. The minimum Gasteiger partial charge on any atom is -0.494 e. The van der Waals surface area contributed by atoms with Gasteiger partial charge >= 0.3 is 0 Å². The molecule has 5 heteroatoms. The Bertz CT molecular complexity index is 668. The number of Topliss-reactive ketones (excluding diaryl/α,β-unsaturated/α-hetero) is 1. The Labute approximate surface area is 141 Å². The fourth-order valence-electron chi connectivity index (χ4n) is 2.04. The Morgan fingerprint density at radius 3 is 1.88 bits per heavy atom. The molecule has 0 aliphatic heterocycles. The molecule has 0 atom stereocenters. The molecule has 128 valence electrons. The lowest BCUT2D eigenvalue weighted by molar-refractivity contribution is 0.101. The monoisotopic (exact) mass is 332 g/mol. The molecule has 0 radical (unpaired) electrons. The minimum atomic E-state index is -0.580. The van der Waals surface area contributed by atoms with E-state index in [-0.39, 0.29) is 18.0 Å². The van der Waals surface area contributed by atoms with Crippen molar-refractivity contribution in [1.29, 1.82) is 0 Å². The number of ether oxygens (including phenoxy) is 3.